The van der Waals surface area contributed by atoms with Gasteiger partial charge in [-0.1, -0.05) is 50.6 Å². The largest absolute Gasteiger partial charge is 0.444 e. The second kappa shape index (κ2) is 14.2. The summed E-state index contributed by atoms with van der Waals surface area (Å²) in [7, 11) is 0. The number of rotatable bonds is 13. The average Bonchev–Trinajstić information content (AvgIpc) is 2.75. The molecule has 4 amide bonds. The third kappa shape index (κ3) is 10.2. The first kappa shape index (κ1) is 28.9. The molecule has 0 radical (unpaired) electrons. The quantitative estimate of drug-likeness (QED) is 0.377. The molecule has 0 heterocycles. The summed E-state index contributed by atoms with van der Waals surface area (Å²) in [5.74, 6) is -1.37. The minimum atomic E-state index is -1.08. The van der Waals surface area contributed by atoms with E-state index in [-0.39, 0.29) is 25.3 Å². The summed E-state index contributed by atoms with van der Waals surface area (Å²) < 4.78 is 5.31. The molecule has 0 aliphatic rings. The van der Waals surface area contributed by atoms with Gasteiger partial charge in [0.15, 0.2) is 0 Å². The lowest BCUT2D eigenvalue weighted by Crippen LogP contribution is -2.53. The van der Waals surface area contributed by atoms with Gasteiger partial charge in [-0.3, -0.25) is 14.4 Å². The molecule has 2 unspecified atom stereocenters. The molecule has 0 saturated heterocycles. The van der Waals surface area contributed by atoms with Gasteiger partial charge in [0.2, 0.25) is 17.7 Å². The lowest BCUT2D eigenvalue weighted by Gasteiger charge is -2.34. The zero-order chi connectivity index (χ0) is 25.7. The van der Waals surface area contributed by atoms with Crippen LogP contribution in [0.4, 0.5) is 4.79 Å². The molecule has 0 bridgehead atoms. The van der Waals surface area contributed by atoms with Gasteiger partial charge in [-0.2, -0.15) is 0 Å². The van der Waals surface area contributed by atoms with Crippen molar-refractivity contribution in [2.75, 3.05) is 13.1 Å². The molecular formula is C25H40N4O5. The van der Waals surface area contributed by atoms with Crippen molar-refractivity contribution >= 4 is 23.8 Å². The van der Waals surface area contributed by atoms with E-state index < -0.39 is 35.6 Å². The van der Waals surface area contributed by atoms with Crippen molar-refractivity contribution < 1.29 is 23.9 Å². The molecule has 0 aromatic heterocycles. The number of nitrogens with zero attached hydrogens (tertiary/aromatic N) is 1. The van der Waals surface area contributed by atoms with Crippen molar-refractivity contribution in [3.8, 4) is 0 Å². The summed E-state index contributed by atoms with van der Waals surface area (Å²) in [6.45, 7) is 9.83. The van der Waals surface area contributed by atoms with Crippen LogP contribution < -0.4 is 16.4 Å². The van der Waals surface area contributed by atoms with Crippen LogP contribution in [0.25, 0.3) is 0 Å². The highest BCUT2D eigenvalue weighted by Gasteiger charge is 2.35. The van der Waals surface area contributed by atoms with Crippen LogP contribution in [0.15, 0.2) is 30.3 Å². The predicted molar refractivity (Wildman–Crippen MR) is 131 cm³/mol. The third-order valence-electron chi connectivity index (χ3n) is 4.92. The normalized spacial score (nSPS) is 12.9. The highest BCUT2D eigenvalue weighted by molar-refractivity contribution is 5.92. The molecule has 1 aromatic rings. The highest BCUT2D eigenvalue weighted by atomic mass is 16.6. The number of primary amides is 1. The first-order valence-electron chi connectivity index (χ1n) is 11.9. The maximum absolute atomic E-state index is 13.7. The van der Waals surface area contributed by atoms with E-state index in [4.69, 9.17) is 10.5 Å². The second-order valence-electron chi connectivity index (χ2n) is 9.19. The Hall–Kier alpha value is -3.10. The smallest absolute Gasteiger partial charge is 0.408 e. The molecule has 0 aliphatic heterocycles. The van der Waals surface area contributed by atoms with Crippen molar-refractivity contribution in [1.82, 2.24) is 15.5 Å². The maximum Gasteiger partial charge on any atom is 0.408 e. The van der Waals surface area contributed by atoms with E-state index >= 15 is 0 Å². The van der Waals surface area contributed by atoms with Crippen LogP contribution in [0.2, 0.25) is 0 Å². The number of alkyl carbamates (subject to hydrolysis) is 1. The SMILES string of the molecule is CCCCNC(=O)C(c1ccccc1)N(CCC)C(=O)C(CCC(N)=O)NC(=O)OC(C)(C)C. The minimum absolute atomic E-state index is 0.00735. The summed E-state index contributed by atoms with van der Waals surface area (Å²) in [5, 5.41) is 5.49. The summed E-state index contributed by atoms with van der Waals surface area (Å²) in [6, 6.07) is 7.06. The van der Waals surface area contributed by atoms with Gasteiger partial charge in [0, 0.05) is 19.5 Å². The van der Waals surface area contributed by atoms with Crippen LogP contribution >= 0.6 is 0 Å². The Kier molecular flexibility index (Phi) is 12.1. The van der Waals surface area contributed by atoms with Crippen molar-refractivity contribution in [2.24, 2.45) is 5.73 Å². The average molecular weight is 477 g/mol. The van der Waals surface area contributed by atoms with Gasteiger partial charge < -0.3 is 26.0 Å². The first-order valence-corrected chi connectivity index (χ1v) is 11.9. The molecule has 9 heteroatoms. The number of unbranched alkanes of at least 4 members (excludes halogenated alkanes) is 1. The molecule has 4 N–H and O–H groups in total. The Morgan fingerprint density at radius 3 is 2.24 bits per heavy atom. The van der Waals surface area contributed by atoms with Gasteiger partial charge in [-0.15, -0.1) is 0 Å². The Morgan fingerprint density at radius 2 is 1.71 bits per heavy atom. The lowest BCUT2D eigenvalue weighted by molar-refractivity contribution is -0.142. The highest BCUT2D eigenvalue weighted by Crippen LogP contribution is 2.23. The number of nitrogens with one attached hydrogen (secondary N) is 2. The fourth-order valence-electron chi connectivity index (χ4n) is 3.39. The molecule has 9 nitrogen and oxygen atoms in total. The molecule has 0 spiro atoms. The maximum atomic E-state index is 13.7. The van der Waals surface area contributed by atoms with E-state index in [0.717, 1.165) is 12.8 Å². The molecule has 0 saturated carbocycles. The van der Waals surface area contributed by atoms with Crippen LogP contribution in [0.1, 0.15) is 78.3 Å². The summed E-state index contributed by atoms with van der Waals surface area (Å²) >= 11 is 0. The van der Waals surface area contributed by atoms with Gasteiger partial charge in [-0.25, -0.2) is 4.79 Å². The van der Waals surface area contributed by atoms with Crippen molar-refractivity contribution in [3.05, 3.63) is 35.9 Å². The molecule has 1 aromatic carbocycles. The topological polar surface area (TPSA) is 131 Å². The molecular weight excluding hydrogens is 436 g/mol. The number of carbonyl (C=O) groups is 4. The van der Waals surface area contributed by atoms with Crippen molar-refractivity contribution in [2.45, 2.75) is 84.4 Å². The van der Waals surface area contributed by atoms with Gasteiger partial charge in [0.05, 0.1) is 0 Å². The summed E-state index contributed by atoms with van der Waals surface area (Å²) in [6.07, 6.45) is 1.43. The number of amides is 4. The van der Waals surface area contributed by atoms with Crippen LogP contribution in [0.5, 0.6) is 0 Å². The van der Waals surface area contributed by atoms with Gasteiger partial charge >= 0.3 is 6.09 Å². The fourth-order valence-corrected chi connectivity index (χ4v) is 3.39. The number of hydrogen-bond donors (Lipinski definition) is 3. The molecule has 190 valence electrons. The third-order valence-corrected chi connectivity index (χ3v) is 4.92. The van der Waals surface area contributed by atoms with E-state index in [2.05, 4.69) is 10.6 Å². The predicted octanol–water partition coefficient (Wildman–Crippen LogP) is 3.04. The number of carbonyl (C=O) groups excluding carboxylic acids is 4. The van der Waals surface area contributed by atoms with Gasteiger partial charge in [0.25, 0.3) is 0 Å². The van der Waals surface area contributed by atoms with Gasteiger partial charge in [0.1, 0.15) is 17.7 Å². The van der Waals surface area contributed by atoms with Crippen LogP contribution in [-0.2, 0) is 19.1 Å². The Morgan fingerprint density at radius 1 is 1.06 bits per heavy atom. The number of ether oxygens (including phenoxy) is 1. The first-order chi connectivity index (χ1) is 16.0. The van der Waals surface area contributed by atoms with Crippen molar-refractivity contribution in [1.29, 1.82) is 0 Å². The number of nitrogens with two attached hydrogens (primary N) is 1. The zero-order valence-corrected chi connectivity index (χ0v) is 21.1. The number of hydrogen-bond acceptors (Lipinski definition) is 5. The second-order valence-corrected chi connectivity index (χ2v) is 9.19. The minimum Gasteiger partial charge on any atom is -0.444 e. The lowest BCUT2D eigenvalue weighted by atomic mass is 10.0. The molecule has 0 aliphatic carbocycles. The van der Waals surface area contributed by atoms with E-state index in [9.17, 15) is 19.2 Å². The van der Waals surface area contributed by atoms with Crippen LogP contribution in [-0.4, -0.2) is 53.4 Å². The Bertz CT molecular complexity index is 807. The Balaban J connectivity index is 3.31. The van der Waals surface area contributed by atoms with E-state index in [1.807, 2.05) is 19.9 Å². The molecule has 1 rings (SSSR count). The molecule has 34 heavy (non-hydrogen) atoms. The van der Waals surface area contributed by atoms with Crippen LogP contribution in [0.3, 0.4) is 0 Å². The molecule has 0 fully saturated rings. The fraction of sp³-hybridized carbons (Fsp3) is 0.600. The van der Waals surface area contributed by atoms with Crippen molar-refractivity contribution in [3.63, 3.8) is 0 Å². The molecule has 2 atom stereocenters. The summed E-state index contributed by atoms with van der Waals surface area (Å²) in [4.78, 5) is 52.3. The zero-order valence-electron chi connectivity index (χ0n) is 21.1. The number of benzene rings is 1. The van der Waals surface area contributed by atoms with E-state index in [1.165, 1.54) is 4.90 Å². The Labute approximate surface area is 202 Å². The standard InChI is InChI=1S/C25H40N4O5/c1-6-8-16-27-22(31)21(18-12-10-9-11-13-18)29(17-7-2)23(32)19(14-15-20(26)30)28-24(33)34-25(3,4)5/h9-13,19,21H,6-8,14-17H2,1-5H3,(H2,26,30)(H,27,31)(H,28,33). The van der Waals surface area contributed by atoms with Gasteiger partial charge in [-0.05, 0) is 45.6 Å². The monoisotopic (exact) mass is 476 g/mol. The summed E-state index contributed by atoms with van der Waals surface area (Å²) in [5.41, 5.74) is 5.19. The van der Waals surface area contributed by atoms with E-state index in [1.54, 1.807) is 45.0 Å². The van der Waals surface area contributed by atoms with E-state index in [0.29, 0.717) is 18.5 Å². The van der Waals surface area contributed by atoms with Crippen LogP contribution in [0, 0.1) is 0 Å².